The molecule has 0 bridgehead atoms. The summed E-state index contributed by atoms with van der Waals surface area (Å²) in [7, 11) is 0. The Balaban J connectivity index is 1.40. The molecule has 3 aliphatic rings. The van der Waals surface area contributed by atoms with Crippen LogP contribution < -0.4 is 28.0 Å². The zero-order chi connectivity index (χ0) is 44.1. The Labute approximate surface area is 358 Å². The van der Waals surface area contributed by atoms with Crippen LogP contribution in [0.4, 0.5) is 0 Å². The molecule has 3 aliphatic heterocycles. The number of carbonyl (C=O) groups is 2. The Hall–Kier alpha value is -2.82. The maximum Gasteiger partial charge on any atom is 0.328 e. The van der Waals surface area contributed by atoms with E-state index in [0.717, 1.165) is 19.3 Å². The largest absolute Gasteiger partial charge is 0.459 e. The smallest absolute Gasteiger partial charge is 0.328 e. The van der Waals surface area contributed by atoms with Gasteiger partial charge in [0.05, 0.1) is 19.3 Å². The van der Waals surface area contributed by atoms with Gasteiger partial charge in [-0.3, -0.25) is 24.3 Å². The van der Waals surface area contributed by atoms with Crippen molar-refractivity contribution >= 4 is 11.9 Å². The van der Waals surface area contributed by atoms with Gasteiger partial charge in [-0.25, -0.2) is 4.79 Å². The minimum absolute atomic E-state index is 0.0572. The van der Waals surface area contributed by atoms with Crippen LogP contribution >= 0.6 is 0 Å². The lowest BCUT2D eigenvalue weighted by Gasteiger charge is -2.31. The number of aromatic nitrogens is 2. The highest BCUT2D eigenvalue weighted by molar-refractivity contribution is 5.82. The summed E-state index contributed by atoms with van der Waals surface area (Å²) < 4.78 is 30.6. The number of amides is 1. The van der Waals surface area contributed by atoms with Gasteiger partial charge in [0.1, 0.15) is 48.8 Å². The van der Waals surface area contributed by atoms with Crippen molar-refractivity contribution in [3.63, 3.8) is 0 Å². The van der Waals surface area contributed by atoms with Crippen LogP contribution in [0, 0.1) is 0 Å². The first kappa shape index (κ1) is 50.8. The first-order valence-electron chi connectivity index (χ1n) is 22.7. The van der Waals surface area contributed by atoms with Gasteiger partial charge in [-0.1, -0.05) is 90.4 Å². The van der Waals surface area contributed by atoms with Gasteiger partial charge in [0, 0.05) is 44.9 Å². The van der Waals surface area contributed by atoms with E-state index in [1.165, 1.54) is 74.6 Å². The molecule has 1 aromatic rings. The molecule has 0 radical (unpaired) electrons. The van der Waals surface area contributed by atoms with Gasteiger partial charge in [0.2, 0.25) is 5.91 Å². The van der Waals surface area contributed by atoms with E-state index >= 15 is 0 Å². The molecule has 0 spiro atoms. The van der Waals surface area contributed by atoms with Crippen molar-refractivity contribution in [1.82, 2.24) is 19.8 Å². The predicted molar refractivity (Wildman–Crippen MR) is 224 cm³/mol. The Kier molecular flexibility index (Phi) is 22.8. The van der Waals surface area contributed by atoms with Crippen LogP contribution in [0.1, 0.15) is 116 Å². The molecule has 61 heavy (non-hydrogen) atoms. The average molecular weight is 871 g/mol. The number of rotatable bonds is 29. The molecule has 10 N–H and O–H groups in total. The number of hydrogen-bond donors (Lipinski definition) is 8. The molecule has 0 aromatic carbocycles. The molecular weight excluding hydrogens is 796 g/mol. The zero-order valence-electron chi connectivity index (χ0n) is 36.0. The van der Waals surface area contributed by atoms with E-state index in [-0.39, 0.29) is 39.3 Å². The van der Waals surface area contributed by atoms with E-state index in [4.69, 9.17) is 35.2 Å². The first-order valence-corrected chi connectivity index (χ1v) is 22.7. The van der Waals surface area contributed by atoms with Crippen molar-refractivity contribution in [2.45, 2.75) is 190 Å². The van der Waals surface area contributed by atoms with E-state index in [1.54, 1.807) is 0 Å². The van der Waals surface area contributed by atoms with Crippen LogP contribution in [-0.2, 0) is 39.8 Å². The molecule has 3 saturated heterocycles. The SMILES string of the molecule is CCCCCCCCCCCCCCCC(=O)O[C@H]1CN(CCCCCn2ccc(=O)[nH]c2=O)[C@@H](CO[C@@H]2O[C@H](CN)[C@@H](O)[C@H]2O)C(=O)N[C@@H]1CO[C@@H]1O[C@H](CN)[C@@H](O)[C@H]1O. The van der Waals surface area contributed by atoms with Crippen molar-refractivity contribution in [3.8, 4) is 0 Å². The van der Waals surface area contributed by atoms with E-state index in [1.807, 2.05) is 4.90 Å². The van der Waals surface area contributed by atoms with Crippen molar-refractivity contribution in [2.24, 2.45) is 11.5 Å². The number of nitrogens with two attached hydrogens (primary N) is 2. The molecule has 1 aromatic heterocycles. The molecule has 19 heteroatoms. The van der Waals surface area contributed by atoms with E-state index in [9.17, 15) is 39.6 Å². The normalized spacial score (nSPS) is 29.5. The fourth-order valence-electron chi connectivity index (χ4n) is 8.11. The number of nitrogens with zero attached hydrogens (tertiary/aromatic N) is 2. The lowest BCUT2D eigenvalue weighted by Crippen LogP contribution is -2.51. The number of H-pyrrole nitrogens is 1. The van der Waals surface area contributed by atoms with Crippen LogP contribution in [0.3, 0.4) is 0 Å². The number of hydrogen-bond acceptors (Lipinski definition) is 16. The summed E-state index contributed by atoms with van der Waals surface area (Å²) in [5.74, 6) is -0.937. The summed E-state index contributed by atoms with van der Waals surface area (Å²) in [4.78, 5) is 55.2. The number of esters is 1. The molecule has 4 heterocycles. The average Bonchev–Trinajstić information content (AvgIpc) is 3.63. The Morgan fingerprint density at radius 2 is 1.26 bits per heavy atom. The van der Waals surface area contributed by atoms with Crippen molar-refractivity contribution in [1.29, 1.82) is 0 Å². The fourth-order valence-corrected chi connectivity index (χ4v) is 8.11. The van der Waals surface area contributed by atoms with Gasteiger partial charge in [-0.05, 0) is 25.8 Å². The quantitative estimate of drug-likeness (QED) is 0.0392. The molecule has 19 nitrogen and oxygen atoms in total. The minimum Gasteiger partial charge on any atom is -0.459 e. The molecule has 350 valence electrons. The topological polar surface area (TPSA) is 283 Å². The van der Waals surface area contributed by atoms with Crippen molar-refractivity contribution < 1.29 is 53.7 Å². The highest BCUT2D eigenvalue weighted by Gasteiger charge is 2.46. The Morgan fingerprint density at radius 3 is 1.80 bits per heavy atom. The third-order valence-corrected chi connectivity index (χ3v) is 11.9. The Morgan fingerprint density at radius 1 is 0.738 bits per heavy atom. The first-order chi connectivity index (χ1) is 29.5. The number of aliphatic hydroxyl groups excluding tert-OH is 4. The Bertz CT molecular complexity index is 1530. The number of aromatic amines is 1. The number of nitrogens with one attached hydrogen (secondary N) is 2. The van der Waals surface area contributed by atoms with Gasteiger partial charge in [-0.15, -0.1) is 0 Å². The standard InChI is InChI=1S/C42H74N6O13/c1-2-3-4-5-6-7-8-9-10-11-12-13-15-18-34(50)59-32-25-48(21-17-14-16-20-47-22-19-33(49)46-42(47)56)29(27-58-41-38(54)36(52)31(24-44)61-41)39(55)45-28(32)26-57-40-37(53)35(51)30(23-43)60-40/h19,22,28-32,35-38,40-41,51-54H,2-18,20-21,23-27,43-44H2,1H3,(H,45,55)(H,46,49,56)/t28-,29+,30-,31-,32+,35-,36-,37-,38-,40-,41-/m1/s1. The molecule has 0 unspecified atom stereocenters. The predicted octanol–water partition coefficient (Wildman–Crippen LogP) is 0.113. The van der Waals surface area contributed by atoms with Crippen LogP contribution in [0.15, 0.2) is 21.9 Å². The highest BCUT2D eigenvalue weighted by atomic mass is 16.7. The lowest BCUT2D eigenvalue weighted by atomic mass is 10.0. The molecule has 0 aliphatic carbocycles. The molecule has 3 fully saturated rings. The number of unbranched alkanes of at least 4 members (excludes halogenated alkanes) is 14. The van der Waals surface area contributed by atoms with Gasteiger partial charge >= 0.3 is 11.7 Å². The molecule has 0 saturated carbocycles. The van der Waals surface area contributed by atoms with Gasteiger partial charge < -0.3 is 65.5 Å². The second-order valence-electron chi connectivity index (χ2n) is 16.7. The summed E-state index contributed by atoms with van der Waals surface area (Å²) in [6.45, 7) is 2.35. The number of ether oxygens (including phenoxy) is 5. The van der Waals surface area contributed by atoms with Gasteiger partial charge in [-0.2, -0.15) is 0 Å². The summed E-state index contributed by atoms with van der Waals surface area (Å²) in [6, 6.07) is -0.611. The van der Waals surface area contributed by atoms with Crippen molar-refractivity contribution in [3.05, 3.63) is 33.1 Å². The van der Waals surface area contributed by atoms with Crippen LogP contribution in [0.2, 0.25) is 0 Å². The highest BCUT2D eigenvalue weighted by Crippen LogP contribution is 2.25. The van der Waals surface area contributed by atoms with Crippen LogP contribution in [0.5, 0.6) is 0 Å². The number of carbonyl (C=O) groups excluding carboxylic acids is 2. The molecule has 1 amide bonds. The second-order valence-corrected chi connectivity index (χ2v) is 16.7. The van der Waals surface area contributed by atoms with Crippen LogP contribution in [-0.4, -0.2) is 154 Å². The lowest BCUT2D eigenvalue weighted by molar-refractivity contribution is -0.176. The summed E-state index contributed by atoms with van der Waals surface area (Å²) >= 11 is 0. The number of aryl methyl sites for hydroxylation is 1. The zero-order valence-corrected chi connectivity index (χ0v) is 36.0. The maximum atomic E-state index is 14.1. The van der Waals surface area contributed by atoms with Gasteiger partial charge in [0.15, 0.2) is 12.6 Å². The van der Waals surface area contributed by atoms with Crippen LogP contribution in [0.25, 0.3) is 0 Å². The monoisotopic (exact) mass is 871 g/mol. The van der Waals surface area contributed by atoms with E-state index in [0.29, 0.717) is 38.8 Å². The van der Waals surface area contributed by atoms with E-state index < -0.39 is 90.5 Å². The summed E-state index contributed by atoms with van der Waals surface area (Å²) in [6.07, 6.45) is 8.02. The number of aliphatic hydroxyl groups is 4. The third-order valence-electron chi connectivity index (χ3n) is 11.9. The maximum absolute atomic E-state index is 14.1. The minimum atomic E-state index is -1.40. The van der Waals surface area contributed by atoms with Gasteiger partial charge in [0.25, 0.3) is 5.56 Å². The summed E-state index contributed by atoms with van der Waals surface area (Å²) in [5.41, 5.74) is 10.4. The fraction of sp³-hybridized carbons (Fsp3) is 0.857. The molecule has 4 rings (SSSR count). The second kappa shape index (κ2) is 27.4. The summed E-state index contributed by atoms with van der Waals surface area (Å²) in [5, 5.41) is 44.8. The molecular formula is C42H74N6O13. The molecule has 11 atom stereocenters. The third kappa shape index (κ3) is 16.4. The van der Waals surface area contributed by atoms with Crippen molar-refractivity contribution in [2.75, 3.05) is 39.4 Å². The van der Waals surface area contributed by atoms with E-state index in [2.05, 4.69) is 17.2 Å².